The van der Waals surface area contributed by atoms with E-state index in [1.807, 2.05) is 18.2 Å². The van der Waals surface area contributed by atoms with Crippen molar-refractivity contribution in [2.45, 2.75) is 299 Å². The monoisotopic (exact) mass is 2150 g/mol. The number of halogens is 11. The molecular weight excluding hydrogens is 1990 g/mol. The normalized spacial score (nSPS) is 18.5. The Morgan fingerprint density at radius 3 is 1.03 bits per heavy atom. The first-order chi connectivity index (χ1) is 70.2. The number of rotatable bonds is 23. The van der Waals surface area contributed by atoms with E-state index >= 15 is 0 Å². The van der Waals surface area contributed by atoms with Crippen molar-refractivity contribution in [1.29, 1.82) is 0 Å². The molecule has 9 aromatic rings. The Morgan fingerprint density at radius 1 is 0.363 bits per heavy atom. The molecule has 0 aromatic heterocycles. The van der Waals surface area contributed by atoms with Crippen molar-refractivity contribution in [3.63, 3.8) is 0 Å². The number of unbranched alkanes of at least 4 members (excludes halogenated alkanes) is 1. The van der Waals surface area contributed by atoms with E-state index in [1.54, 1.807) is 111 Å². The zero-order valence-electron chi connectivity index (χ0n) is 88.3. The van der Waals surface area contributed by atoms with Crippen molar-refractivity contribution < 1.29 is 107 Å². The third kappa shape index (κ3) is 47.0. The molecule has 4 heterocycles. The van der Waals surface area contributed by atoms with Crippen LogP contribution in [0.15, 0.2) is 209 Å². The van der Waals surface area contributed by atoms with Gasteiger partial charge in [-0.05, 0) is 338 Å². The standard InChI is InChI=1S/C29H29F3O.C15H20BFO2.C15H21FO.C15H19F.C14H11BrF2O.C9H16O.C6H4BrF.4C4H8O.C4H9.Li/c1-3-5-19-6-8-20(9-7-19)23-14-15-24(26(30)18-23)21-10-12-22(13-11-21)25-16-17-27(33-4-2)29(32)28(25)31;1-2-3-11-4-6-12(7-5-11)13-8-9-14(16(18)19)15(17)10-13;1-2-4-12-7-9-15(17,10-8-12)13-5-3-6-14(16)11-13;1-2-4-12-7-9-13(10-8-12)14-5-3-6-15(16)11-14;1-2-18-12-8-7-11(13(16)14(12)17)9-3-5-10(15)6-4-9;1-2-3-8-4-6-9(10)7-5-8;7-5-2-1-3-6(8)4-5;4*1-2-4-5-3-1;1-3-4-2;/h8,10-19H,3-7,9H2,1-2H3;6,8-11,18-19H,2-5,7H2,1H3;3,5-6,11-12,17H,2,4,7-10H2,1H3;3,5-6,9,11-12H,2,4,7-8,10H2,1H3;3-8H,2H2,1H3;8H,2-7H2,1H3;1-4H;4*1-4H2;1,3-4H2,2H3;/q;;;;;;;;;;;-1;+1. The van der Waals surface area contributed by atoms with Crippen molar-refractivity contribution in [1.82, 2.24) is 0 Å². The summed E-state index contributed by atoms with van der Waals surface area (Å²) in [7, 11) is -1.75. The van der Waals surface area contributed by atoms with Gasteiger partial charge < -0.3 is 50.5 Å². The van der Waals surface area contributed by atoms with Gasteiger partial charge in [-0.2, -0.15) is 15.2 Å². The number of ketones is 1. The van der Waals surface area contributed by atoms with Crippen LogP contribution in [0.25, 0.3) is 50.1 Å². The molecule has 18 rings (SSSR count). The number of allylic oxidation sites excluding steroid dienone is 6. The predicted molar refractivity (Wildman–Crippen MR) is 586 cm³/mol. The van der Waals surface area contributed by atoms with Crippen LogP contribution in [0, 0.1) is 88.9 Å². The van der Waals surface area contributed by atoms with Gasteiger partial charge in [-0.15, -0.1) is 0 Å². The zero-order valence-corrected chi connectivity index (χ0v) is 91.5. The van der Waals surface area contributed by atoms with Crippen LogP contribution in [0.3, 0.4) is 0 Å². The van der Waals surface area contributed by atoms with Crippen molar-refractivity contribution in [3.05, 3.63) is 291 Å². The minimum atomic E-state index is -1.75. The van der Waals surface area contributed by atoms with Crippen LogP contribution in [0.5, 0.6) is 11.5 Å². The third-order valence-electron chi connectivity index (χ3n) is 27.0. The Hall–Kier alpha value is -7.82. The molecule has 794 valence electrons. The molecule has 0 amide bonds. The van der Waals surface area contributed by atoms with E-state index < -0.39 is 41.8 Å². The topological polar surface area (TPSA) is 133 Å². The van der Waals surface area contributed by atoms with Crippen LogP contribution in [0.2, 0.25) is 0 Å². The van der Waals surface area contributed by atoms with Gasteiger partial charge >= 0.3 is 26.0 Å². The summed E-state index contributed by atoms with van der Waals surface area (Å²) in [5.41, 5.74) is 9.14. The number of ether oxygens (including phenoxy) is 6. The fraction of sp³-hybridized carbons (Fsp3) is 0.496. The summed E-state index contributed by atoms with van der Waals surface area (Å²) in [4.78, 5) is 10.8. The second kappa shape index (κ2) is 73.4. The van der Waals surface area contributed by atoms with Gasteiger partial charge in [0.25, 0.3) is 0 Å². The minimum Gasteiger partial charge on any atom is -0.491 e. The Morgan fingerprint density at radius 2 is 0.699 bits per heavy atom. The second-order valence-corrected chi connectivity index (χ2v) is 40.2. The molecular formula is C123H161BBr2F9LiO10. The molecule has 23 heteroatoms. The number of carbonyl (C=O) groups is 1. The van der Waals surface area contributed by atoms with E-state index in [0.29, 0.717) is 34.6 Å². The van der Waals surface area contributed by atoms with Gasteiger partial charge in [0.2, 0.25) is 11.6 Å². The number of aliphatic hydroxyl groups is 1. The van der Waals surface area contributed by atoms with E-state index in [-0.39, 0.29) is 76.8 Å². The fourth-order valence-electron chi connectivity index (χ4n) is 18.7. The first-order valence-electron chi connectivity index (χ1n) is 53.6. The van der Waals surface area contributed by atoms with E-state index in [2.05, 4.69) is 98.6 Å². The molecule has 3 unspecified atom stereocenters. The van der Waals surface area contributed by atoms with Crippen molar-refractivity contribution in [2.24, 2.45) is 29.6 Å². The molecule has 6 fully saturated rings. The van der Waals surface area contributed by atoms with Gasteiger partial charge in [0, 0.05) is 96.8 Å². The maximum absolute atomic E-state index is 15.0. The number of benzene rings is 9. The Kier molecular flexibility index (Phi) is 63.8. The van der Waals surface area contributed by atoms with Gasteiger partial charge in [0.05, 0.1) is 18.8 Å². The largest absolute Gasteiger partial charge is 1.00 e. The first kappa shape index (κ1) is 127. The van der Waals surface area contributed by atoms with Gasteiger partial charge in [-0.1, -0.05) is 253 Å². The molecule has 3 N–H and O–H groups in total. The molecule has 9 aliphatic rings. The quantitative estimate of drug-likeness (QED) is 0.0323. The Balaban J connectivity index is 0.000000257. The van der Waals surface area contributed by atoms with Gasteiger partial charge in [-0.3, -0.25) is 4.79 Å². The SMILES string of the molecule is C1CCOC1.C1CCOC1.C1CCOC1.C1CCOC1.CCCC1CC=C(c2ccc(-c3ccc(-c4ccc(OCC)c(F)c4F)cc3)c(F)c2)CC1.CCCC1CC=C(c2ccc(B(O)O)c(F)c2)CC1.CCCC1CC=C(c2cccc(F)c2)CC1.CCCC1CCC(=O)CC1.CCCC1CCC(O)(c2cccc(F)c2)CC1.CCOc1ccc(-c2ccc(Br)cc2)c(F)c1F.Fc1cccc(Br)c1.[CH2-]CCC.[Li+]. The average Bonchev–Trinajstić information content (AvgIpc) is 0.923. The van der Waals surface area contributed by atoms with Crippen LogP contribution in [-0.4, -0.2) is 94.1 Å². The van der Waals surface area contributed by atoms with E-state index in [0.717, 1.165) is 216 Å². The number of carbonyl (C=O) groups excluding carboxylic acids is 1. The molecule has 0 spiro atoms. The molecule has 0 radical (unpaired) electrons. The van der Waals surface area contributed by atoms with E-state index in [1.165, 1.54) is 218 Å². The number of Topliss-reactive ketones (excluding diaryl/α,β-unsaturated/α-hetero) is 1. The molecule has 0 bridgehead atoms. The summed E-state index contributed by atoms with van der Waals surface area (Å²) in [6.07, 6.45) is 49.5. The van der Waals surface area contributed by atoms with Crippen molar-refractivity contribution in [3.8, 4) is 44.9 Å². The van der Waals surface area contributed by atoms with Crippen LogP contribution in [0.4, 0.5) is 39.5 Å². The van der Waals surface area contributed by atoms with Crippen LogP contribution in [0.1, 0.15) is 315 Å². The summed E-state index contributed by atoms with van der Waals surface area (Å²) in [6, 6.07) is 49.4. The van der Waals surface area contributed by atoms with Crippen LogP contribution in [-0.2, 0) is 29.3 Å². The second-order valence-electron chi connectivity index (χ2n) is 38.3. The number of hydrogen-bond donors (Lipinski definition) is 3. The average molecular weight is 2150 g/mol. The van der Waals surface area contributed by atoms with Crippen molar-refractivity contribution in [2.75, 3.05) is 66.1 Å². The zero-order chi connectivity index (χ0) is 105. The minimum absolute atomic E-state index is 0. The summed E-state index contributed by atoms with van der Waals surface area (Å²) >= 11 is 6.42. The van der Waals surface area contributed by atoms with Crippen molar-refractivity contribution >= 4 is 66.9 Å². The molecule has 4 aliphatic heterocycles. The molecule has 2 saturated carbocycles. The molecule has 4 saturated heterocycles. The summed E-state index contributed by atoms with van der Waals surface area (Å²) in [5, 5.41) is 28.6. The predicted octanol–water partition coefficient (Wildman–Crippen LogP) is 31.9. The third-order valence-corrected chi connectivity index (χ3v) is 28.0. The molecule has 10 nitrogen and oxygen atoms in total. The fourth-order valence-corrected chi connectivity index (χ4v) is 19.3. The maximum atomic E-state index is 15.0. The summed E-state index contributed by atoms with van der Waals surface area (Å²) in [6.45, 7) is 28.8. The van der Waals surface area contributed by atoms with Crippen LogP contribution >= 0.6 is 31.9 Å². The smallest absolute Gasteiger partial charge is 0.491 e. The van der Waals surface area contributed by atoms with Gasteiger partial charge in [0.15, 0.2) is 23.1 Å². The summed E-state index contributed by atoms with van der Waals surface area (Å²) in [5.74, 6) is -0.940. The van der Waals surface area contributed by atoms with Crippen LogP contribution < -0.4 is 33.8 Å². The first-order valence-corrected chi connectivity index (χ1v) is 55.2. The number of hydrogen-bond acceptors (Lipinski definition) is 10. The molecule has 5 aliphatic carbocycles. The van der Waals surface area contributed by atoms with E-state index in [9.17, 15) is 49.4 Å². The Labute approximate surface area is 897 Å². The molecule has 146 heavy (non-hydrogen) atoms. The molecule has 3 atom stereocenters. The maximum Gasteiger partial charge on any atom is 1.00 e. The molecule has 9 aromatic carbocycles. The van der Waals surface area contributed by atoms with Gasteiger partial charge in [0.1, 0.15) is 34.9 Å². The summed E-state index contributed by atoms with van der Waals surface area (Å²) < 4.78 is 155. The van der Waals surface area contributed by atoms with E-state index in [4.69, 9.17) is 38.5 Å². The Bertz CT molecular complexity index is 5130. The van der Waals surface area contributed by atoms with Gasteiger partial charge in [-0.25, -0.2) is 30.7 Å².